The zero-order chi connectivity index (χ0) is 21.2. The Hall–Kier alpha value is -3.15. The number of anilines is 1. The third-order valence-electron chi connectivity index (χ3n) is 4.81. The number of amides is 3. The minimum atomic E-state index is -0.431. The molecule has 1 heterocycles. The number of benzene rings is 2. The van der Waals surface area contributed by atoms with Crippen molar-refractivity contribution in [3.05, 3.63) is 58.9 Å². The largest absolute Gasteiger partial charge is 0.496 e. The van der Waals surface area contributed by atoms with Crippen molar-refractivity contribution in [1.82, 2.24) is 5.32 Å². The Bertz CT molecular complexity index is 959. The van der Waals surface area contributed by atoms with Crippen molar-refractivity contribution in [2.75, 3.05) is 18.6 Å². The monoisotopic (exact) mass is 396 g/mol. The molecule has 0 aliphatic carbocycles. The van der Waals surface area contributed by atoms with Crippen LogP contribution in [0.15, 0.2) is 36.4 Å². The minimum Gasteiger partial charge on any atom is -0.496 e. The number of urea groups is 1. The molecule has 1 aliphatic rings. The van der Waals surface area contributed by atoms with E-state index < -0.39 is 6.03 Å². The molecule has 2 aromatic rings. The number of halogens is 1. The predicted octanol–water partition coefficient (Wildman–Crippen LogP) is 4.75. The smallest absolute Gasteiger partial charge is 0.328 e. The molecule has 2 aromatic carbocycles. The number of ether oxygens (including phenoxy) is 1. The fraction of sp³-hybridized carbons (Fsp3) is 0.304. The van der Waals surface area contributed by atoms with Crippen LogP contribution in [0.1, 0.15) is 43.9 Å². The summed E-state index contributed by atoms with van der Waals surface area (Å²) < 4.78 is 18.9. The third kappa shape index (κ3) is 4.65. The first-order valence-electron chi connectivity index (χ1n) is 9.46. The van der Waals surface area contributed by atoms with E-state index in [1.54, 1.807) is 24.1 Å². The number of nitrogens with zero attached hydrogens (tertiary/aromatic N) is 1. The SMILES string of the molecule is COc1c(C=Cc2ccc(F)cc2)cc(N2CCC(=O)NC2=O)cc1C(C)(C)C. The molecule has 0 spiro atoms. The first kappa shape index (κ1) is 20.6. The Morgan fingerprint density at radius 2 is 1.79 bits per heavy atom. The van der Waals surface area contributed by atoms with Crippen molar-refractivity contribution in [2.24, 2.45) is 0 Å². The van der Waals surface area contributed by atoms with E-state index in [9.17, 15) is 14.0 Å². The van der Waals surface area contributed by atoms with E-state index in [0.29, 0.717) is 18.0 Å². The summed E-state index contributed by atoms with van der Waals surface area (Å²) in [5.41, 5.74) is 3.05. The summed E-state index contributed by atoms with van der Waals surface area (Å²) in [6.07, 6.45) is 4.01. The van der Waals surface area contributed by atoms with Gasteiger partial charge in [-0.25, -0.2) is 9.18 Å². The Labute approximate surface area is 170 Å². The van der Waals surface area contributed by atoms with Crippen LogP contribution in [0.25, 0.3) is 12.2 Å². The first-order chi connectivity index (χ1) is 13.7. The summed E-state index contributed by atoms with van der Waals surface area (Å²) >= 11 is 0. The minimum absolute atomic E-state index is 0.234. The highest BCUT2D eigenvalue weighted by atomic mass is 19.1. The van der Waals surface area contributed by atoms with Crippen molar-refractivity contribution >= 4 is 29.8 Å². The first-order valence-corrected chi connectivity index (χ1v) is 9.46. The van der Waals surface area contributed by atoms with Crippen molar-refractivity contribution in [2.45, 2.75) is 32.6 Å². The molecule has 5 nitrogen and oxygen atoms in total. The molecule has 0 radical (unpaired) electrons. The van der Waals surface area contributed by atoms with Crippen molar-refractivity contribution in [3.63, 3.8) is 0 Å². The van der Waals surface area contributed by atoms with Crippen LogP contribution in [0.5, 0.6) is 5.75 Å². The maximum Gasteiger partial charge on any atom is 0.328 e. The maximum atomic E-state index is 13.2. The Morgan fingerprint density at radius 3 is 2.38 bits per heavy atom. The molecular formula is C23H25FN2O3. The Balaban J connectivity index is 2.09. The molecule has 29 heavy (non-hydrogen) atoms. The number of hydrogen-bond acceptors (Lipinski definition) is 3. The quantitative estimate of drug-likeness (QED) is 0.759. The molecule has 0 atom stereocenters. The zero-order valence-electron chi connectivity index (χ0n) is 17.1. The second-order valence-corrected chi connectivity index (χ2v) is 8.01. The average Bonchev–Trinajstić information content (AvgIpc) is 2.66. The summed E-state index contributed by atoms with van der Waals surface area (Å²) in [5.74, 6) is 0.155. The van der Waals surface area contributed by atoms with E-state index in [1.807, 2.05) is 24.3 Å². The van der Waals surface area contributed by atoms with Crippen LogP contribution in [-0.4, -0.2) is 25.6 Å². The normalized spacial score (nSPS) is 15.0. The van der Waals surface area contributed by atoms with Gasteiger partial charge in [0.05, 0.1) is 7.11 Å². The standard InChI is InChI=1S/C23H25FN2O3/c1-23(2,3)19-14-18(26-12-11-20(27)25-22(26)28)13-16(21(19)29-4)8-5-15-6-9-17(24)10-7-15/h5-10,13-14H,11-12H2,1-4H3,(H,25,27,28). The van der Waals surface area contributed by atoms with Gasteiger partial charge in [0.25, 0.3) is 0 Å². The van der Waals surface area contributed by atoms with Crippen LogP contribution in [0.3, 0.4) is 0 Å². The van der Waals surface area contributed by atoms with E-state index in [0.717, 1.165) is 16.7 Å². The second-order valence-electron chi connectivity index (χ2n) is 8.01. The van der Waals surface area contributed by atoms with Gasteiger partial charge in [-0.05, 0) is 35.2 Å². The van der Waals surface area contributed by atoms with Gasteiger partial charge in [-0.15, -0.1) is 0 Å². The van der Waals surface area contributed by atoms with Crippen LogP contribution in [0.4, 0.5) is 14.9 Å². The number of nitrogens with one attached hydrogen (secondary N) is 1. The van der Waals surface area contributed by atoms with Crippen molar-refractivity contribution < 1.29 is 18.7 Å². The molecular weight excluding hydrogens is 371 g/mol. The fourth-order valence-corrected chi connectivity index (χ4v) is 3.27. The highest BCUT2D eigenvalue weighted by Gasteiger charge is 2.28. The highest BCUT2D eigenvalue weighted by molar-refractivity contribution is 6.05. The number of hydrogen-bond donors (Lipinski definition) is 1. The summed E-state index contributed by atoms with van der Waals surface area (Å²) in [4.78, 5) is 25.4. The molecule has 1 N–H and O–H groups in total. The van der Waals surface area contributed by atoms with E-state index in [2.05, 4.69) is 26.1 Å². The van der Waals surface area contributed by atoms with E-state index >= 15 is 0 Å². The Kier molecular flexibility index (Phi) is 5.73. The van der Waals surface area contributed by atoms with Gasteiger partial charge in [-0.2, -0.15) is 0 Å². The molecule has 1 saturated heterocycles. The van der Waals surface area contributed by atoms with Crippen LogP contribution >= 0.6 is 0 Å². The summed E-state index contributed by atoms with van der Waals surface area (Å²) in [7, 11) is 1.62. The molecule has 6 heteroatoms. The average molecular weight is 396 g/mol. The maximum absolute atomic E-state index is 13.2. The lowest BCUT2D eigenvalue weighted by Crippen LogP contribution is -2.49. The summed E-state index contributed by atoms with van der Waals surface area (Å²) in [6.45, 7) is 6.54. The number of carbonyl (C=O) groups excluding carboxylic acids is 2. The molecule has 0 bridgehead atoms. The molecule has 1 aliphatic heterocycles. The van der Waals surface area contributed by atoms with Gasteiger partial charge in [0, 0.05) is 29.8 Å². The molecule has 3 amide bonds. The number of imide groups is 1. The molecule has 1 fully saturated rings. The predicted molar refractivity (Wildman–Crippen MR) is 113 cm³/mol. The lowest BCUT2D eigenvalue weighted by Gasteiger charge is -2.30. The van der Waals surface area contributed by atoms with Crippen LogP contribution in [0.2, 0.25) is 0 Å². The van der Waals surface area contributed by atoms with E-state index in [-0.39, 0.29) is 23.6 Å². The van der Waals surface area contributed by atoms with Gasteiger partial charge in [0.15, 0.2) is 0 Å². The van der Waals surface area contributed by atoms with Gasteiger partial charge >= 0.3 is 6.03 Å². The van der Waals surface area contributed by atoms with E-state index in [1.165, 1.54) is 12.1 Å². The molecule has 0 aromatic heterocycles. The van der Waals surface area contributed by atoms with Crippen LogP contribution < -0.4 is 15.0 Å². The molecule has 152 valence electrons. The number of rotatable bonds is 4. The van der Waals surface area contributed by atoms with E-state index in [4.69, 9.17) is 4.74 Å². The lowest BCUT2D eigenvalue weighted by molar-refractivity contribution is -0.120. The third-order valence-corrected chi connectivity index (χ3v) is 4.81. The fourth-order valence-electron chi connectivity index (χ4n) is 3.27. The van der Waals surface area contributed by atoms with Gasteiger partial charge in [-0.3, -0.25) is 15.0 Å². The summed E-state index contributed by atoms with van der Waals surface area (Å²) in [5, 5.41) is 2.36. The van der Waals surface area contributed by atoms with Crippen LogP contribution in [-0.2, 0) is 10.2 Å². The Morgan fingerprint density at radius 1 is 1.10 bits per heavy atom. The van der Waals surface area contributed by atoms with Crippen molar-refractivity contribution in [3.8, 4) is 5.75 Å². The van der Waals surface area contributed by atoms with Gasteiger partial charge in [0.1, 0.15) is 11.6 Å². The number of carbonyl (C=O) groups is 2. The lowest BCUT2D eigenvalue weighted by atomic mass is 9.84. The van der Waals surface area contributed by atoms with Crippen LogP contribution in [0, 0.1) is 5.82 Å². The highest BCUT2D eigenvalue weighted by Crippen LogP contribution is 2.39. The van der Waals surface area contributed by atoms with Crippen molar-refractivity contribution in [1.29, 1.82) is 0 Å². The van der Waals surface area contributed by atoms with Gasteiger partial charge in [-0.1, -0.05) is 45.1 Å². The molecule has 0 saturated carbocycles. The number of methoxy groups -OCH3 is 1. The molecule has 3 rings (SSSR count). The topological polar surface area (TPSA) is 58.6 Å². The van der Waals surface area contributed by atoms with Gasteiger partial charge < -0.3 is 4.74 Å². The van der Waals surface area contributed by atoms with Gasteiger partial charge in [0.2, 0.25) is 5.91 Å². The summed E-state index contributed by atoms with van der Waals surface area (Å²) in [6, 6.07) is 9.56. The molecule has 0 unspecified atom stereocenters. The zero-order valence-corrected chi connectivity index (χ0v) is 17.1. The second kappa shape index (κ2) is 8.07.